The van der Waals surface area contributed by atoms with Gasteiger partial charge in [0.2, 0.25) is 0 Å². The molecule has 0 atom stereocenters. The van der Waals surface area contributed by atoms with Gasteiger partial charge in [-0.3, -0.25) is 0 Å². The normalized spacial score (nSPS) is 0.429. The predicted molar refractivity (Wildman–Crippen MR) is 18.8 cm³/mol. The Morgan fingerprint density at radius 2 is 0.571 bits per heavy atom. The molecule has 7 heteroatoms. The summed E-state index contributed by atoms with van der Waals surface area (Å²) in [5.74, 6) is 0. The summed E-state index contributed by atoms with van der Waals surface area (Å²) in [5.41, 5.74) is 0. The van der Waals surface area contributed by atoms with Gasteiger partial charge in [-0.2, -0.15) is 0 Å². The number of hydrogen-bond acceptors (Lipinski definition) is 1. The Morgan fingerprint density at radius 1 is 0.571 bits per heavy atom. The molecule has 0 aliphatic rings. The van der Waals surface area contributed by atoms with E-state index in [2.05, 4.69) is 0 Å². The van der Waals surface area contributed by atoms with Gasteiger partial charge in [-0.25, -0.2) is 0 Å². The van der Waals surface area contributed by atoms with Gasteiger partial charge in [-0.1, -0.05) is 0 Å². The molecule has 0 fully saturated rings. The molecule has 0 bridgehead atoms. The fourth-order valence-corrected chi connectivity index (χ4v) is 0. The van der Waals surface area contributed by atoms with Gasteiger partial charge < -0.3 is 27.4 Å². The molecule has 0 amide bonds. The van der Waals surface area contributed by atoms with E-state index >= 15 is 0 Å². The zero-order chi connectivity index (χ0) is 2.00. The molecule has 0 spiro atoms. The quantitative estimate of drug-likeness (QED) is 0.340. The molecule has 51 valence electrons. The van der Waals surface area contributed by atoms with Crippen LogP contribution in [0.15, 0.2) is 0 Å². The van der Waals surface area contributed by atoms with E-state index in [0.29, 0.717) is 0 Å². The average Bonchev–Trinajstić information content (AvgIpc) is 1.00. The minimum absolute atomic E-state index is 0. The van der Waals surface area contributed by atoms with Crippen molar-refractivity contribution >= 4 is 0 Å². The zero-order valence-electron chi connectivity index (χ0n) is 3.36. The standard InChI is InChI=1S/5H2O.O.V/h5*1H2;;. The summed E-state index contributed by atoms with van der Waals surface area (Å²) in [4.78, 5) is 0. The van der Waals surface area contributed by atoms with Gasteiger partial charge in [0, 0.05) is 0 Å². The van der Waals surface area contributed by atoms with Crippen LogP contribution in [0.4, 0.5) is 0 Å². The number of hydrogen-bond donors (Lipinski definition) is 0. The molecule has 7 heavy (non-hydrogen) atoms. The van der Waals surface area contributed by atoms with Gasteiger partial charge in [-0.15, -0.1) is 0 Å². The van der Waals surface area contributed by atoms with Crippen molar-refractivity contribution in [2.45, 2.75) is 0 Å². The van der Waals surface area contributed by atoms with E-state index in [1.807, 2.05) is 0 Å². The van der Waals surface area contributed by atoms with Crippen molar-refractivity contribution in [2.75, 3.05) is 0 Å². The van der Waals surface area contributed by atoms with Gasteiger partial charge in [0.15, 0.2) is 0 Å². The predicted octanol–water partition coefficient (Wildman–Crippen LogP) is -4.24. The van der Waals surface area contributed by atoms with Crippen LogP contribution in [0.3, 0.4) is 0 Å². The zero-order valence-corrected chi connectivity index (χ0v) is 4.75. The first kappa shape index (κ1) is 196. The molecule has 0 aliphatic heterocycles. The molecule has 0 saturated carbocycles. The minimum atomic E-state index is 0. The first-order valence-corrected chi connectivity index (χ1v) is 0.753. The maximum absolute atomic E-state index is 8.19. The molecule has 0 aromatic heterocycles. The van der Waals surface area contributed by atoms with Gasteiger partial charge in [0.05, 0.1) is 0 Å². The van der Waals surface area contributed by atoms with Gasteiger partial charge in [0.1, 0.15) is 0 Å². The van der Waals surface area contributed by atoms with Crippen LogP contribution >= 0.6 is 0 Å². The monoisotopic (exact) mass is 157 g/mol. The van der Waals surface area contributed by atoms with E-state index < -0.39 is 0 Å². The van der Waals surface area contributed by atoms with Gasteiger partial charge in [0.25, 0.3) is 0 Å². The first-order chi connectivity index (χ1) is 1.00. The molecule has 0 unspecified atom stereocenters. The second-order valence-corrected chi connectivity index (χ2v) is 0. The summed E-state index contributed by atoms with van der Waals surface area (Å²) in [5, 5.41) is 0. The van der Waals surface area contributed by atoms with Crippen molar-refractivity contribution in [1.29, 1.82) is 0 Å². The molecule has 0 heterocycles. The maximum atomic E-state index is 8.19. The Kier molecular flexibility index (Phi) is 137000. The SMILES string of the molecule is O.O.O.O.O.[O]=[V]. The van der Waals surface area contributed by atoms with Gasteiger partial charge in [-0.05, 0) is 0 Å². The van der Waals surface area contributed by atoms with E-state index in [0.717, 1.165) is 17.4 Å². The molecule has 0 aromatic rings. The number of rotatable bonds is 0. The van der Waals surface area contributed by atoms with Crippen molar-refractivity contribution in [3.63, 3.8) is 0 Å². The van der Waals surface area contributed by atoms with E-state index in [1.165, 1.54) is 0 Å². The molecular weight excluding hydrogens is 147 g/mol. The van der Waals surface area contributed by atoms with Crippen LogP contribution in [0.25, 0.3) is 0 Å². The topological polar surface area (TPSA) is 175 Å². The first-order valence-electron chi connectivity index (χ1n) is 0.183. The Balaban J connectivity index is -0.000000000500. The van der Waals surface area contributed by atoms with Crippen molar-refractivity contribution in [2.24, 2.45) is 0 Å². The summed E-state index contributed by atoms with van der Waals surface area (Å²) in [6, 6.07) is 0. The Hall–Kier alpha value is 0.184. The van der Waals surface area contributed by atoms with Crippen LogP contribution in [0.2, 0.25) is 0 Å². The van der Waals surface area contributed by atoms with Gasteiger partial charge >= 0.3 is 21.0 Å². The Morgan fingerprint density at radius 3 is 0.571 bits per heavy atom. The Bertz CT molecular complexity index is 4.14. The van der Waals surface area contributed by atoms with Crippen molar-refractivity contribution in [1.82, 2.24) is 0 Å². The fourth-order valence-electron chi connectivity index (χ4n) is 0. The van der Waals surface area contributed by atoms with E-state index in [1.54, 1.807) is 0 Å². The third-order valence-corrected chi connectivity index (χ3v) is 0. The van der Waals surface area contributed by atoms with E-state index in [4.69, 9.17) is 3.67 Å². The molecule has 0 radical (unpaired) electrons. The summed E-state index contributed by atoms with van der Waals surface area (Å²) in [7, 11) is 0. The van der Waals surface area contributed by atoms with E-state index in [9.17, 15) is 0 Å². The molecule has 0 aliphatic carbocycles. The van der Waals surface area contributed by atoms with Crippen LogP contribution in [0.5, 0.6) is 0 Å². The molecule has 0 aromatic carbocycles. The third-order valence-electron chi connectivity index (χ3n) is 0. The van der Waals surface area contributed by atoms with Crippen LogP contribution in [0, 0.1) is 0 Å². The summed E-state index contributed by atoms with van der Waals surface area (Å²) >= 11 is 1.06. The second-order valence-electron chi connectivity index (χ2n) is 0. The van der Waals surface area contributed by atoms with Crippen molar-refractivity contribution in [3.05, 3.63) is 0 Å². The molecular formula is H10O6V. The average molecular weight is 157 g/mol. The van der Waals surface area contributed by atoms with Crippen LogP contribution in [0.1, 0.15) is 0 Å². The summed E-state index contributed by atoms with van der Waals surface area (Å²) in [6.45, 7) is 0. The summed E-state index contributed by atoms with van der Waals surface area (Å²) < 4.78 is 8.19. The summed E-state index contributed by atoms with van der Waals surface area (Å²) in [6.07, 6.45) is 0. The second kappa shape index (κ2) is 4890. The van der Waals surface area contributed by atoms with E-state index in [-0.39, 0.29) is 27.4 Å². The molecule has 0 saturated heterocycles. The Labute approximate surface area is 49.3 Å². The van der Waals surface area contributed by atoms with Crippen molar-refractivity contribution < 1.29 is 48.4 Å². The molecule has 6 nitrogen and oxygen atoms in total. The van der Waals surface area contributed by atoms with Crippen molar-refractivity contribution in [3.8, 4) is 0 Å². The van der Waals surface area contributed by atoms with Crippen LogP contribution in [-0.4, -0.2) is 27.4 Å². The fraction of sp³-hybridized carbons (Fsp3) is 0. The molecule has 0 rings (SSSR count). The third kappa shape index (κ3) is 3180. The van der Waals surface area contributed by atoms with Crippen LogP contribution in [-0.2, 0) is 21.0 Å². The molecule has 10 N–H and O–H groups in total. The van der Waals surface area contributed by atoms with Crippen LogP contribution < -0.4 is 0 Å².